The van der Waals surface area contributed by atoms with Crippen LogP contribution in [0.1, 0.15) is 82.0 Å². The van der Waals surface area contributed by atoms with Crippen molar-refractivity contribution in [3.05, 3.63) is 56.2 Å². The van der Waals surface area contributed by atoms with Gasteiger partial charge in [0.2, 0.25) is 0 Å². The van der Waals surface area contributed by atoms with Crippen LogP contribution < -0.4 is 4.90 Å². The van der Waals surface area contributed by atoms with E-state index in [1.165, 1.54) is 11.3 Å². The standard InChI is InChI=1S/C33H40ClN3O5S2/c1-32(2,3)41-30(39)36(7)24-16-9-8-14-22(24)28-23(15-10-11-17-38)27-29(44-28)25(19-26(34)35-27)37(20-21-13-12-18-43-21)31(40)42-33(4,5)6/h8-9,12-13,18-19,22,24,38H,11,14,16-17,20H2,1-7H3/t22-,24-/m0/s1. The van der Waals surface area contributed by atoms with Crippen LogP contribution in [-0.4, -0.2) is 58.1 Å². The van der Waals surface area contributed by atoms with Gasteiger partial charge in [0.25, 0.3) is 0 Å². The summed E-state index contributed by atoms with van der Waals surface area (Å²) in [6, 6.07) is 5.41. The van der Waals surface area contributed by atoms with Crippen molar-refractivity contribution in [2.75, 3.05) is 18.6 Å². The maximum absolute atomic E-state index is 13.7. The second kappa shape index (κ2) is 13.9. The number of anilines is 1. The van der Waals surface area contributed by atoms with Gasteiger partial charge in [0.05, 0.1) is 29.1 Å². The Labute approximate surface area is 272 Å². The Morgan fingerprint density at radius 1 is 1.11 bits per heavy atom. The molecule has 3 heterocycles. The van der Waals surface area contributed by atoms with Gasteiger partial charge in [-0.15, -0.1) is 22.7 Å². The van der Waals surface area contributed by atoms with Crippen LogP contribution in [0, 0.1) is 11.8 Å². The van der Waals surface area contributed by atoms with Gasteiger partial charge in [-0.1, -0.05) is 41.7 Å². The smallest absolute Gasteiger partial charge is 0.415 e. The molecule has 1 aliphatic rings. The summed E-state index contributed by atoms with van der Waals surface area (Å²) in [6.45, 7) is 11.3. The summed E-state index contributed by atoms with van der Waals surface area (Å²) >= 11 is 9.70. The number of fused-ring (bicyclic) bond motifs is 1. The molecule has 1 aliphatic carbocycles. The molecular weight excluding hydrogens is 618 g/mol. The van der Waals surface area contributed by atoms with Gasteiger partial charge < -0.3 is 19.5 Å². The number of ether oxygens (including phenoxy) is 2. The second-order valence-electron chi connectivity index (χ2n) is 12.6. The highest BCUT2D eigenvalue weighted by Crippen LogP contribution is 2.46. The van der Waals surface area contributed by atoms with Crippen LogP contribution in [0.15, 0.2) is 35.7 Å². The predicted octanol–water partition coefficient (Wildman–Crippen LogP) is 8.36. The molecule has 2 amide bonds. The molecule has 11 heteroatoms. The molecule has 0 saturated carbocycles. The van der Waals surface area contributed by atoms with E-state index in [0.29, 0.717) is 36.0 Å². The maximum atomic E-state index is 13.7. The molecule has 0 saturated heterocycles. The lowest BCUT2D eigenvalue weighted by Gasteiger charge is -2.36. The molecular formula is C33H40ClN3O5S2. The van der Waals surface area contributed by atoms with E-state index in [2.05, 4.69) is 24.0 Å². The van der Waals surface area contributed by atoms with E-state index >= 15 is 0 Å². The molecule has 1 N–H and O–H groups in total. The number of hydrogen-bond donors (Lipinski definition) is 1. The van der Waals surface area contributed by atoms with E-state index < -0.39 is 23.4 Å². The number of aliphatic hydroxyl groups excluding tert-OH is 1. The number of rotatable bonds is 6. The minimum atomic E-state index is -0.712. The van der Waals surface area contributed by atoms with Gasteiger partial charge in [-0.3, -0.25) is 4.90 Å². The van der Waals surface area contributed by atoms with Gasteiger partial charge in [0.1, 0.15) is 21.9 Å². The first-order valence-corrected chi connectivity index (χ1v) is 16.6. The van der Waals surface area contributed by atoms with Crippen LogP contribution in [0.4, 0.5) is 15.3 Å². The van der Waals surface area contributed by atoms with Crippen molar-refractivity contribution >= 4 is 62.4 Å². The number of hydrogen-bond acceptors (Lipinski definition) is 8. The van der Waals surface area contributed by atoms with Crippen LogP contribution in [-0.2, 0) is 16.0 Å². The zero-order chi connectivity index (χ0) is 32.2. The van der Waals surface area contributed by atoms with Crippen molar-refractivity contribution in [2.24, 2.45) is 0 Å². The summed E-state index contributed by atoms with van der Waals surface area (Å²) in [6.07, 6.45) is 4.90. The van der Waals surface area contributed by atoms with E-state index in [1.54, 1.807) is 34.3 Å². The van der Waals surface area contributed by atoms with Crippen LogP contribution in [0.25, 0.3) is 10.2 Å². The topological polar surface area (TPSA) is 92.2 Å². The third kappa shape index (κ3) is 8.33. The molecule has 8 nitrogen and oxygen atoms in total. The van der Waals surface area contributed by atoms with Crippen LogP contribution >= 0.6 is 34.3 Å². The van der Waals surface area contributed by atoms with Gasteiger partial charge in [0, 0.05) is 41.2 Å². The Morgan fingerprint density at radius 2 is 1.80 bits per heavy atom. The van der Waals surface area contributed by atoms with Gasteiger partial charge in [0.15, 0.2) is 0 Å². The summed E-state index contributed by atoms with van der Waals surface area (Å²) in [5.41, 5.74) is 0.493. The highest BCUT2D eigenvalue weighted by Gasteiger charge is 2.36. The van der Waals surface area contributed by atoms with Crippen molar-refractivity contribution in [1.29, 1.82) is 0 Å². The number of allylic oxidation sites excluding steroid dienone is 1. The third-order valence-corrected chi connectivity index (χ3v) is 9.17. The summed E-state index contributed by atoms with van der Waals surface area (Å²) in [7, 11) is 1.77. The number of likely N-dealkylation sites (N-methyl/N-ethyl adjacent to an activating group) is 1. The SMILES string of the molecule is CN(C(=O)OC(C)(C)C)[C@H]1CC=CC[C@@H]1c1sc2c(N(Cc3cccs3)C(=O)OC(C)(C)C)cc(Cl)nc2c1C#CCCO. The minimum Gasteiger partial charge on any atom is -0.444 e. The quantitative estimate of drug-likeness (QED) is 0.163. The zero-order valence-corrected chi connectivity index (χ0v) is 28.7. The Kier molecular flexibility index (Phi) is 10.7. The van der Waals surface area contributed by atoms with Gasteiger partial charge in [-0.25, -0.2) is 14.6 Å². The van der Waals surface area contributed by atoms with Crippen molar-refractivity contribution in [2.45, 2.75) is 90.5 Å². The number of aliphatic hydroxyl groups is 1. The van der Waals surface area contributed by atoms with Crippen molar-refractivity contribution < 1.29 is 24.2 Å². The molecule has 0 spiro atoms. The number of halogens is 1. The first kappa shape index (κ1) is 33.8. The lowest BCUT2D eigenvalue weighted by Crippen LogP contribution is -2.44. The molecule has 0 unspecified atom stereocenters. The Balaban J connectivity index is 1.90. The molecule has 0 fully saturated rings. The first-order valence-electron chi connectivity index (χ1n) is 14.5. The molecule has 3 aromatic heterocycles. The molecule has 4 rings (SSSR count). The van der Waals surface area contributed by atoms with Crippen LogP contribution in [0.5, 0.6) is 0 Å². The van der Waals surface area contributed by atoms with Crippen molar-refractivity contribution in [1.82, 2.24) is 9.88 Å². The molecule has 0 aromatic carbocycles. The van der Waals surface area contributed by atoms with E-state index in [-0.39, 0.29) is 30.3 Å². The monoisotopic (exact) mass is 657 g/mol. The lowest BCUT2D eigenvalue weighted by molar-refractivity contribution is 0.0196. The highest BCUT2D eigenvalue weighted by molar-refractivity contribution is 7.20. The van der Waals surface area contributed by atoms with E-state index in [0.717, 1.165) is 14.5 Å². The summed E-state index contributed by atoms with van der Waals surface area (Å²) in [4.78, 5) is 36.8. The van der Waals surface area contributed by atoms with Crippen LogP contribution in [0.3, 0.4) is 0 Å². The summed E-state index contributed by atoms with van der Waals surface area (Å²) < 4.78 is 12.3. The van der Waals surface area contributed by atoms with E-state index in [9.17, 15) is 14.7 Å². The number of thiophene rings is 2. The number of amides is 2. The zero-order valence-electron chi connectivity index (χ0n) is 26.3. The summed E-state index contributed by atoms with van der Waals surface area (Å²) in [5, 5.41) is 11.7. The number of nitrogens with zero attached hydrogens (tertiary/aromatic N) is 3. The average molecular weight is 658 g/mol. The Bertz CT molecular complexity index is 1570. The van der Waals surface area contributed by atoms with Crippen molar-refractivity contribution in [3.8, 4) is 11.8 Å². The molecule has 0 bridgehead atoms. The molecule has 2 atom stereocenters. The Morgan fingerprint density at radius 3 is 2.43 bits per heavy atom. The molecule has 236 valence electrons. The lowest BCUT2D eigenvalue weighted by atomic mass is 9.85. The molecule has 44 heavy (non-hydrogen) atoms. The van der Waals surface area contributed by atoms with Gasteiger partial charge >= 0.3 is 12.2 Å². The Hall–Kier alpha value is -3.10. The van der Waals surface area contributed by atoms with E-state index in [1.807, 2.05) is 59.1 Å². The molecule has 3 aromatic rings. The second-order valence-corrected chi connectivity index (χ2v) is 15.1. The largest absolute Gasteiger partial charge is 0.444 e. The normalized spacial score (nSPS) is 16.8. The fourth-order valence-electron chi connectivity index (χ4n) is 4.93. The minimum absolute atomic E-state index is 0.0761. The van der Waals surface area contributed by atoms with Gasteiger partial charge in [-0.05, 0) is 65.8 Å². The highest BCUT2D eigenvalue weighted by atomic mass is 35.5. The maximum Gasteiger partial charge on any atom is 0.415 e. The summed E-state index contributed by atoms with van der Waals surface area (Å²) in [5.74, 6) is 6.20. The van der Waals surface area contributed by atoms with E-state index in [4.69, 9.17) is 26.1 Å². The number of aromatic nitrogens is 1. The number of carbonyl (C=O) groups excluding carboxylic acids is 2. The van der Waals surface area contributed by atoms with Crippen molar-refractivity contribution in [3.63, 3.8) is 0 Å². The predicted molar refractivity (Wildman–Crippen MR) is 179 cm³/mol. The first-order chi connectivity index (χ1) is 20.7. The fourth-order valence-corrected chi connectivity index (χ4v) is 7.20. The molecule has 0 radical (unpaired) electrons. The number of carbonyl (C=O) groups is 2. The van der Waals surface area contributed by atoms with Gasteiger partial charge in [-0.2, -0.15) is 0 Å². The third-order valence-electron chi connectivity index (χ3n) is 6.78. The average Bonchev–Trinajstić information content (AvgIpc) is 3.57. The van der Waals surface area contributed by atoms with Crippen LogP contribution in [0.2, 0.25) is 5.15 Å². The number of pyridine rings is 1. The fraction of sp³-hybridized carbons (Fsp3) is 0.485. The molecule has 0 aliphatic heterocycles.